The van der Waals surface area contributed by atoms with Crippen molar-refractivity contribution in [1.82, 2.24) is 0 Å². The van der Waals surface area contributed by atoms with Crippen molar-refractivity contribution < 1.29 is 9.47 Å². The molecule has 0 amide bonds. The molecule has 2 aromatic carbocycles. The van der Waals surface area contributed by atoms with Gasteiger partial charge in [0.25, 0.3) is 0 Å². The molecule has 0 spiro atoms. The van der Waals surface area contributed by atoms with Crippen molar-refractivity contribution in [3.05, 3.63) is 52.0 Å². The first-order valence-corrected chi connectivity index (χ1v) is 6.95. The number of aliphatic imine (C=N–C) groups is 1. The Labute approximate surface area is 127 Å². The molecule has 0 heterocycles. The molecular formula is C16H16BrNO2. The number of nitrogens with zero attached hydrogens (tertiary/aromatic N) is 1. The van der Waals surface area contributed by atoms with Crippen molar-refractivity contribution in [2.24, 2.45) is 4.99 Å². The number of halogens is 1. The van der Waals surface area contributed by atoms with E-state index in [1.165, 1.54) is 5.56 Å². The van der Waals surface area contributed by atoms with Crippen LogP contribution in [0.25, 0.3) is 0 Å². The lowest BCUT2D eigenvalue weighted by atomic mass is 10.2. The average molecular weight is 334 g/mol. The summed E-state index contributed by atoms with van der Waals surface area (Å²) in [6.07, 6.45) is 1.81. The summed E-state index contributed by atoms with van der Waals surface area (Å²) in [5, 5.41) is 0. The maximum absolute atomic E-state index is 5.30. The largest absolute Gasteiger partial charge is 0.493 e. The van der Waals surface area contributed by atoms with Crippen LogP contribution < -0.4 is 9.47 Å². The van der Waals surface area contributed by atoms with Crippen LogP contribution in [0.4, 0.5) is 5.69 Å². The van der Waals surface area contributed by atoms with E-state index in [-0.39, 0.29) is 0 Å². The summed E-state index contributed by atoms with van der Waals surface area (Å²) in [7, 11) is 3.23. The van der Waals surface area contributed by atoms with Gasteiger partial charge in [-0.25, -0.2) is 0 Å². The molecule has 2 aromatic rings. The SMILES string of the molecule is COc1cc(Br)c(C=Nc2cccc(C)c2)cc1OC. The zero-order chi connectivity index (χ0) is 14.5. The lowest BCUT2D eigenvalue weighted by Gasteiger charge is -2.09. The maximum Gasteiger partial charge on any atom is 0.161 e. The molecule has 3 nitrogen and oxygen atoms in total. The Balaban J connectivity index is 2.33. The van der Waals surface area contributed by atoms with Crippen LogP contribution >= 0.6 is 15.9 Å². The topological polar surface area (TPSA) is 30.8 Å². The van der Waals surface area contributed by atoms with Gasteiger partial charge in [0.05, 0.1) is 19.9 Å². The van der Waals surface area contributed by atoms with Gasteiger partial charge in [0.15, 0.2) is 11.5 Å². The lowest BCUT2D eigenvalue weighted by Crippen LogP contribution is -1.93. The van der Waals surface area contributed by atoms with Gasteiger partial charge in [-0.05, 0) is 52.7 Å². The van der Waals surface area contributed by atoms with Crippen LogP contribution in [0, 0.1) is 6.92 Å². The lowest BCUT2D eigenvalue weighted by molar-refractivity contribution is 0.354. The Kier molecular flexibility index (Phi) is 4.79. The zero-order valence-corrected chi connectivity index (χ0v) is 13.3. The number of hydrogen-bond acceptors (Lipinski definition) is 3. The Morgan fingerprint density at radius 2 is 1.75 bits per heavy atom. The Morgan fingerprint density at radius 1 is 1.05 bits per heavy atom. The molecule has 0 fully saturated rings. The first-order valence-electron chi connectivity index (χ1n) is 6.16. The molecular weight excluding hydrogens is 318 g/mol. The molecule has 0 saturated carbocycles. The third-order valence-electron chi connectivity index (χ3n) is 2.86. The Bertz CT molecular complexity index is 638. The minimum absolute atomic E-state index is 0.682. The first kappa shape index (κ1) is 14.6. The van der Waals surface area contributed by atoms with Gasteiger partial charge in [-0.3, -0.25) is 4.99 Å². The van der Waals surface area contributed by atoms with Crippen LogP contribution in [0.1, 0.15) is 11.1 Å². The smallest absolute Gasteiger partial charge is 0.161 e. The molecule has 0 N–H and O–H groups in total. The summed E-state index contributed by atoms with van der Waals surface area (Å²) < 4.78 is 11.5. The molecule has 0 aliphatic heterocycles. The molecule has 20 heavy (non-hydrogen) atoms. The van der Waals surface area contributed by atoms with E-state index in [4.69, 9.17) is 9.47 Å². The molecule has 0 saturated heterocycles. The summed E-state index contributed by atoms with van der Waals surface area (Å²) >= 11 is 3.51. The van der Waals surface area contributed by atoms with Gasteiger partial charge in [-0.2, -0.15) is 0 Å². The van der Waals surface area contributed by atoms with Gasteiger partial charge in [0.2, 0.25) is 0 Å². The molecule has 104 valence electrons. The van der Waals surface area contributed by atoms with Crippen molar-refractivity contribution in [1.29, 1.82) is 0 Å². The summed E-state index contributed by atoms with van der Waals surface area (Å²) in [6, 6.07) is 11.8. The fourth-order valence-electron chi connectivity index (χ4n) is 1.82. The summed E-state index contributed by atoms with van der Waals surface area (Å²) in [5.41, 5.74) is 3.04. The zero-order valence-electron chi connectivity index (χ0n) is 11.7. The van der Waals surface area contributed by atoms with E-state index in [2.05, 4.69) is 20.9 Å². The van der Waals surface area contributed by atoms with E-state index in [1.54, 1.807) is 20.4 Å². The third kappa shape index (κ3) is 3.39. The minimum Gasteiger partial charge on any atom is -0.493 e. The van der Waals surface area contributed by atoms with Crippen LogP contribution in [0.5, 0.6) is 11.5 Å². The predicted octanol–water partition coefficient (Wildman–Crippen LogP) is 4.53. The molecule has 2 rings (SSSR count). The highest BCUT2D eigenvalue weighted by Crippen LogP contribution is 2.32. The van der Waals surface area contributed by atoms with Crippen LogP contribution in [0.3, 0.4) is 0 Å². The summed E-state index contributed by atoms with van der Waals surface area (Å²) in [5.74, 6) is 1.37. The van der Waals surface area contributed by atoms with E-state index in [1.807, 2.05) is 43.3 Å². The second kappa shape index (κ2) is 6.57. The Morgan fingerprint density at radius 3 is 2.40 bits per heavy atom. The molecule has 0 aromatic heterocycles. The minimum atomic E-state index is 0.682. The normalized spacial score (nSPS) is 10.8. The molecule has 0 aliphatic rings. The van der Waals surface area contributed by atoms with Crippen molar-refractivity contribution in [3.8, 4) is 11.5 Å². The number of ether oxygens (including phenoxy) is 2. The molecule has 0 radical (unpaired) electrons. The third-order valence-corrected chi connectivity index (χ3v) is 3.54. The molecule has 0 atom stereocenters. The van der Waals surface area contributed by atoms with Crippen LogP contribution in [0.15, 0.2) is 45.9 Å². The van der Waals surface area contributed by atoms with Crippen molar-refractivity contribution in [2.75, 3.05) is 14.2 Å². The molecule has 0 aliphatic carbocycles. The van der Waals surface area contributed by atoms with E-state index >= 15 is 0 Å². The highest BCUT2D eigenvalue weighted by molar-refractivity contribution is 9.10. The van der Waals surface area contributed by atoms with E-state index < -0.39 is 0 Å². The van der Waals surface area contributed by atoms with Gasteiger partial charge in [0.1, 0.15) is 0 Å². The quantitative estimate of drug-likeness (QED) is 0.770. The maximum atomic E-state index is 5.30. The number of benzene rings is 2. The second-order valence-electron chi connectivity index (χ2n) is 4.33. The second-order valence-corrected chi connectivity index (χ2v) is 5.18. The van der Waals surface area contributed by atoms with Crippen molar-refractivity contribution >= 4 is 27.8 Å². The van der Waals surface area contributed by atoms with Gasteiger partial charge in [0, 0.05) is 16.3 Å². The highest BCUT2D eigenvalue weighted by atomic mass is 79.9. The van der Waals surface area contributed by atoms with Gasteiger partial charge < -0.3 is 9.47 Å². The number of methoxy groups -OCH3 is 2. The van der Waals surface area contributed by atoms with E-state index in [9.17, 15) is 0 Å². The van der Waals surface area contributed by atoms with Gasteiger partial charge in [-0.1, -0.05) is 12.1 Å². The van der Waals surface area contributed by atoms with Gasteiger partial charge >= 0.3 is 0 Å². The van der Waals surface area contributed by atoms with Crippen LogP contribution in [-0.4, -0.2) is 20.4 Å². The number of aryl methyl sites for hydroxylation is 1. The molecule has 4 heteroatoms. The molecule has 0 bridgehead atoms. The summed E-state index contributed by atoms with van der Waals surface area (Å²) in [6.45, 7) is 2.05. The van der Waals surface area contributed by atoms with Crippen LogP contribution in [-0.2, 0) is 0 Å². The average Bonchev–Trinajstić information content (AvgIpc) is 2.45. The van der Waals surface area contributed by atoms with Crippen molar-refractivity contribution in [2.45, 2.75) is 6.92 Å². The van der Waals surface area contributed by atoms with E-state index in [0.717, 1.165) is 15.7 Å². The van der Waals surface area contributed by atoms with Gasteiger partial charge in [-0.15, -0.1) is 0 Å². The van der Waals surface area contributed by atoms with Crippen molar-refractivity contribution in [3.63, 3.8) is 0 Å². The predicted molar refractivity (Wildman–Crippen MR) is 85.7 cm³/mol. The molecule has 0 unspecified atom stereocenters. The highest BCUT2D eigenvalue weighted by Gasteiger charge is 2.08. The first-order chi connectivity index (χ1) is 9.63. The fourth-order valence-corrected chi connectivity index (χ4v) is 2.25. The Hall–Kier alpha value is -1.81. The summed E-state index contributed by atoms with van der Waals surface area (Å²) in [4.78, 5) is 4.48. The fraction of sp³-hybridized carbons (Fsp3) is 0.188. The van der Waals surface area contributed by atoms with E-state index in [0.29, 0.717) is 11.5 Å². The standard InChI is InChI=1S/C16H16BrNO2/c1-11-5-4-6-13(7-11)18-10-12-8-15(19-2)16(20-3)9-14(12)17/h4-10H,1-3H3. The monoisotopic (exact) mass is 333 g/mol. The number of rotatable bonds is 4. The van der Waals surface area contributed by atoms with Crippen LogP contribution in [0.2, 0.25) is 0 Å². The number of hydrogen-bond donors (Lipinski definition) is 0.